The van der Waals surface area contributed by atoms with Crippen LogP contribution in [0.4, 0.5) is 0 Å². The van der Waals surface area contributed by atoms with Crippen molar-refractivity contribution in [3.05, 3.63) is 28.2 Å². The van der Waals surface area contributed by atoms with E-state index in [-0.39, 0.29) is 25.0 Å². The number of hydrogen-bond acceptors (Lipinski definition) is 3. The quantitative estimate of drug-likeness (QED) is 0.847. The summed E-state index contributed by atoms with van der Waals surface area (Å²) in [7, 11) is 0. The van der Waals surface area contributed by atoms with E-state index >= 15 is 0 Å². The first-order valence-corrected chi connectivity index (χ1v) is 6.86. The van der Waals surface area contributed by atoms with Gasteiger partial charge in [0.05, 0.1) is 5.02 Å². The van der Waals surface area contributed by atoms with Gasteiger partial charge in [-0.25, -0.2) is 0 Å². The Morgan fingerprint density at radius 2 is 2.21 bits per heavy atom. The highest BCUT2D eigenvalue weighted by Crippen LogP contribution is 2.31. The van der Waals surface area contributed by atoms with Crippen molar-refractivity contribution < 1.29 is 14.6 Å². The molecule has 0 spiro atoms. The van der Waals surface area contributed by atoms with Gasteiger partial charge in [0.25, 0.3) is 0 Å². The molecule has 1 atom stereocenters. The molecule has 1 aliphatic carbocycles. The number of ether oxygens (including phenoxy) is 1. The summed E-state index contributed by atoms with van der Waals surface area (Å²) in [6, 6.07) is 5.04. The lowest BCUT2D eigenvalue weighted by Gasteiger charge is -2.14. The Labute approximate surface area is 121 Å². The van der Waals surface area contributed by atoms with E-state index in [2.05, 4.69) is 5.32 Å². The van der Waals surface area contributed by atoms with E-state index in [9.17, 15) is 9.90 Å². The lowest BCUT2D eigenvalue weighted by molar-refractivity contribution is -0.122. The second-order valence-electron chi connectivity index (χ2n) is 4.54. The minimum atomic E-state index is -0.780. The molecule has 0 saturated heterocycles. The molecule has 1 amide bonds. The summed E-state index contributed by atoms with van der Waals surface area (Å²) < 4.78 is 5.37. The molecule has 0 aliphatic heterocycles. The summed E-state index contributed by atoms with van der Waals surface area (Å²) in [6.07, 6.45) is 1.10. The number of aliphatic hydroxyl groups excluding tert-OH is 1. The highest BCUT2D eigenvalue weighted by molar-refractivity contribution is 6.42. The summed E-state index contributed by atoms with van der Waals surface area (Å²) in [5.74, 6) is 0.553. The van der Waals surface area contributed by atoms with E-state index in [0.29, 0.717) is 15.8 Å². The lowest BCUT2D eigenvalue weighted by atomic mass is 10.3. The standard InChI is InChI=1S/C13H15Cl2NO3/c14-10-2-1-3-11(12(10)15)19-7-9(17)6-16-13(18)8-4-5-8/h1-3,8-9,17H,4-7H2,(H,16,18). The summed E-state index contributed by atoms with van der Waals surface area (Å²) in [5.41, 5.74) is 0. The van der Waals surface area contributed by atoms with Gasteiger partial charge in [-0.15, -0.1) is 0 Å². The Bertz CT molecular complexity index is 463. The maximum absolute atomic E-state index is 11.4. The second-order valence-corrected chi connectivity index (χ2v) is 5.32. The summed E-state index contributed by atoms with van der Waals surface area (Å²) >= 11 is 11.8. The molecular weight excluding hydrogens is 289 g/mol. The number of carbonyl (C=O) groups is 1. The molecule has 0 aromatic heterocycles. The smallest absolute Gasteiger partial charge is 0.223 e. The zero-order chi connectivity index (χ0) is 13.8. The van der Waals surface area contributed by atoms with Gasteiger partial charge in [0, 0.05) is 12.5 Å². The molecule has 4 nitrogen and oxygen atoms in total. The van der Waals surface area contributed by atoms with Crippen LogP contribution in [0.3, 0.4) is 0 Å². The molecule has 1 fully saturated rings. The molecule has 1 aromatic carbocycles. The summed E-state index contributed by atoms with van der Waals surface area (Å²) in [5, 5.41) is 13.1. The molecule has 1 aromatic rings. The summed E-state index contributed by atoms with van der Waals surface area (Å²) in [4.78, 5) is 11.4. The van der Waals surface area contributed by atoms with Crippen LogP contribution in [-0.4, -0.2) is 30.3 Å². The van der Waals surface area contributed by atoms with Crippen LogP contribution in [0, 0.1) is 5.92 Å². The lowest BCUT2D eigenvalue weighted by Crippen LogP contribution is -2.36. The minimum Gasteiger partial charge on any atom is -0.489 e. The van der Waals surface area contributed by atoms with Gasteiger partial charge in [-0.2, -0.15) is 0 Å². The number of benzene rings is 1. The van der Waals surface area contributed by atoms with E-state index in [1.54, 1.807) is 18.2 Å². The molecule has 0 bridgehead atoms. The molecule has 0 radical (unpaired) electrons. The largest absolute Gasteiger partial charge is 0.489 e. The minimum absolute atomic E-state index is 0.000150. The molecule has 19 heavy (non-hydrogen) atoms. The number of amides is 1. The van der Waals surface area contributed by atoms with Crippen LogP contribution < -0.4 is 10.1 Å². The van der Waals surface area contributed by atoms with Gasteiger partial charge < -0.3 is 15.2 Å². The summed E-state index contributed by atoms with van der Waals surface area (Å²) in [6.45, 7) is 0.221. The van der Waals surface area contributed by atoms with Crippen LogP contribution in [0.1, 0.15) is 12.8 Å². The SMILES string of the molecule is O=C(NCC(O)COc1cccc(Cl)c1Cl)C1CC1. The third kappa shape index (κ3) is 4.27. The maximum atomic E-state index is 11.4. The Morgan fingerprint density at radius 3 is 2.89 bits per heavy atom. The molecule has 1 aliphatic rings. The predicted octanol–water partition coefficient (Wildman–Crippen LogP) is 2.26. The van der Waals surface area contributed by atoms with Crippen molar-refractivity contribution in [3.63, 3.8) is 0 Å². The van der Waals surface area contributed by atoms with Crippen LogP contribution in [0.5, 0.6) is 5.75 Å². The number of carbonyl (C=O) groups excluding carboxylic acids is 1. The van der Waals surface area contributed by atoms with Crippen molar-refractivity contribution in [2.75, 3.05) is 13.2 Å². The molecule has 6 heteroatoms. The van der Waals surface area contributed by atoms with Crippen molar-refractivity contribution in [3.8, 4) is 5.75 Å². The zero-order valence-corrected chi connectivity index (χ0v) is 11.7. The van der Waals surface area contributed by atoms with Crippen molar-refractivity contribution in [1.82, 2.24) is 5.32 Å². The van der Waals surface area contributed by atoms with Crippen molar-refractivity contribution in [2.45, 2.75) is 18.9 Å². The Balaban J connectivity index is 1.74. The van der Waals surface area contributed by atoms with Crippen molar-refractivity contribution >= 4 is 29.1 Å². The molecule has 1 unspecified atom stereocenters. The van der Waals surface area contributed by atoms with Crippen LogP contribution >= 0.6 is 23.2 Å². The third-order valence-electron chi connectivity index (χ3n) is 2.81. The van der Waals surface area contributed by atoms with E-state index in [1.807, 2.05) is 0 Å². The Kier molecular flexibility index (Phi) is 4.91. The number of rotatable bonds is 6. The number of aliphatic hydroxyl groups is 1. The third-order valence-corrected chi connectivity index (χ3v) is 3.61. The van der Waals surface area contributed by atoms with E-state index in [0.717, 1.165) is 12.8 Å². The fourth-order valence-corrected chi connectivity index (χ4v) is 1.90. The predicted molar refractivity (Wildman–Crippen MR) is 73.7 cm³/mol. The first-order chi connectivity index (χ1) is 9.08. The van der Waals surface area contributed by atoms with Gasteiger partial charge in [-0.05, 0) is 25.0 Å². The Hall–Kier alpha value is -0.970. The van der Waals surface area contributed by atoms with Crippen LogP contribution in [0.25, 0.3) is 0 Å². The van der Waals surface area contributed by atoms with Crippen molar-refractivity contribution in [2.24, 2.45) is 5.92 Å². The van der Waals surface area contributed by atoms with Crippen LogP contribution in [-0.2, 0) is 4.79 Å². The van der Waals surface area contributed by atoms with E-state index in [4.69, 9.17) is 27.9 Å². The second kappa shape index (κ2) is 6.46. The van der Waals surface area contributed by atoms with E-state index < -0.39 is 6.10 Å². The fraction of sp³-hybridized carbons (Fsp3) is 0.462. The molecule has 0 heterocycles. The first kappa shape index (κ1) is 14.4. The highest BCUT2D eigenvalue weighted by atomic mass is 35.5. The van der Waals surface area contributed by atoms with Gasteiger partial charge in [-0.1, -0.05) is 29.3 Å². The van der Waals surface area contributed by atoms with Gasteiger partial charge in [0.2, 0.25) is 5.91 Å². The van der Waals surface area contributed by atoms with Gasteiger partial charge in [-0.3, -0.25) is 4.79 Å². The number of nitrogens with one attached hydrogen (secondary N) is 1. The number of hydrogen-bond donors (Lipinski definition) is 2. The Morgan fingerprint density at radius 1 is 1.47 bits per heavy atom. The maximum Gasteiger partial charge on any atom is 0.223 e. The van der Waals surface area contributed by atoms with Gasteiger partial charge in [0.1, 0.15) is 23.5 Å². The van der Waals surface area contributed by atoms with Gasteiger partial charge >= 0.3 is 0 Å². The van der Waals surface area contributed by atoms with Crippen molar-refractivity contribution in [1.29, 1.82) is 0 Å². The van der Waals surface area contributed by atoms with E-state index in [1.165, 1.54) is 0 Å². The number of halogens is 2. The average molecular weight is 304 g/mol. The molecule has 2 N–H and O–H groups in total. The fourth-order valence-electron chi connectivity index (χ4n) is 1.55. The monoisotopic (exact) mass is 303 g/mol. The first-order valence-electron chi connectivity index (χ1n) is 6.10. The molecule has 104 valence electrons. The topological polar surface area (TPSA) is 58.6 Å². The average Bonchev–Trinajstić information content (AvgIpc) is 3.22. The van der Waals surface area contributed by atoms with Crippen LogP contribution in [0.15, 0.2) is 18.2 Å². The zero-order valence-electron chi connectivity index (χ0n) is 10.2. The molecule has 2 rings (SSSR count). The van der Waals surface area contributed by atoms with Gasteiger partial charge in [0.15, 0.2) is 0 Å². The van der Waals surface area contributed by atoms with Crippen LogP contribution in [0.2, 0.25) is 10.0 Å². The normalized spacial score (nSPS) is 15.9. The molecular formula is C13H15Cl2NO3. The molecule has 1 saturated carbocycles. The highest BCUT2D eigenvalue weighted by Gasteiger charge is 2.29.